The van der Waals surface area contributed by atoms with Crippen LogP contribution in [-0.2, 0) is 0 Å². The van der Waals surface area contributed by atoms with E-state index in [2.05, 4.69) is 32.0 Å². The van der Waals surface area contributed by atoms with Crippen LogP contribution in [0.1, 0.15) is 70.3 Å². The molecule has 0 aliphatic heterocycles. The molecule has 0 fully saturated rings. The molecule has 0 unspecified atom stereocenters. The normalized spacial score (nSPS) is 10.6. The van der Waals surface area contributed by atoms with E-state index in [1.165, 1.54) is 63.4 Å². The summed E-state index contributed by atoms with van der Waals surface area (Å²) in [5, 5.41) is 0. The van der Waals surface area contributed by atoms with Gasteiger partial charge in [0.2, 0.25) is 0 Å². The summed E-state index contributed by atoms with van der Waals surface area (Å²) < 4.78 is 5.80. The largest absolute Gasteiger partial charge is 0.493 e. The van der Waals surface area contributed by atoms with Crippen molar-refractivity contribution in [1.82, 2.24) is 0 Å². The molecular formula is C18H30O. The third-order valence-corrected chi connectivity index (χ3v) is 3.60. The van der Waals surface area contributed by atoms with Gasteiger partial charge in [-0.15, -0.1) is 0 Å². The van der Waals surface area contributed by atoms with Gasteiger partial charge in [-0.25, -0.2) is 0 Å². The fourth-order valence-electron chi connectivity index (χ4n) is 2.31. The number of benzene rings is 1. The molecule has 0 spiro atoms. The number of rotatable bonds is 11. The molecule has 0 bridgehead atoms. The molecule has 0 radical (unpaired) electrons. The Labute approximate surface area is 119 Å². The van der Waals surface area contributed by atoms with Crippen LogP contribution < -0.4 is 4.74 Å². The van der Waals surface area contributed by atoms with E-state index in [0.29, 0.717) is 0 Å². The van der Waals surface area contributed by atoms with Gasteiger partial charge in [0.25, 0.3) is 0 Å². The molecule has 1 nitrogen and oxygen atoms in total. The number of unbranched alkanes of at least 4 members (excludes halogenated alkanes) is 8. The maximum atomic E-state index is 5.80. The zero-order valence-electron chi connectivity index (χ0n) is 12.8. The van der Waals surface area contributed by atoms with Gasteiger partial charge in [0.15, 0.2) is 0 Å². The Morgan fingerprint density at radius 1 is 0.789 bits per heavy atom. The summed E-state index contributed by atoms with van der Waals surface area (Å²) in [5.41, 5.74) is 1.23. The smallest absolute Gasteiger partial charge is 0.122 e. The fraction of sp³-hybridized carbons (Fsp3) is 0.667. The summed E-state index contributed by atoms with van der Waals surface area (Å²) in [6.45, 7) is 5.24. The second-order valence-electron chi connectivity index (χ2n) is 5.44. The molecule has 0 heterocycles. The molecule has 0 atom stereocenters. The highest BCUT2D eigenvalue weighted by Gasteiger charge is 1.97. The van der Waals surface area contributed by atoms with E-state index in [1.807, 2.05) is 6.07 Å². The Morgan fingerprint density at radius 2 is 1.37 bits per heavy atom. The summed E-state index contributed by atoms with van der Waals surface area (Å²) in [6.07, 6.45) is 12.3. The molecule has 0 amide bonds. The van der Waals surface area contributed by atoms with Crippen LogP contribution in [-0.4, -0.2) is 6.61 Å². The van der Waals surface area contributed by atoms with Crippen LogP contribution in [0.2, 0.25) is 0 Å². The van der Waals surface area contributed by atoms with Crippen molar-refractivity contribution in [3.63, 3.8) is 0 Å². The van der Waals surface area contributed by atoms with E-state index in [4.69, 9.17) is 4.74 Å². The van der Waals surface area contributed by atoms with Crippen LogP contribution in [0.4, 0.5) is 0 Å². The van der Waals surface area contributed by atoms with Gasteiger partial charge in [-0.2, -0.15) is 0 Å². The lowest BCUT2D eigenvalue weighted by molar-refractivity contribution is 0.302. The highest BCUT2D eigenvalue weighted by Crippen LogP contribution is 2.17. The van der Waals surface area contributed by atoms with Gasteiger partial charge in [-0.1, -0.05) is 76.5 Å². The van der Waals surface area contributed by atoms with Crippen LogP contribution in [0, 0.1) is 6.92 Å². The average Bonchev–Trinajstić information content (AvgIpc) is 2.43. The lowest BCUT2D eigenvalue weighted by Crippen LogP contribution is -1.98. The van der Waals surface area contributed by atoms with Crippen molar-refractivity contribution in [3.8, 4) is 5.75 Å². The van der Waals surface area contributed by atoms with Gasteiger partial charge >= 0.3 is 0 Å². The molecule has 0 N–H and O–H groups in total. The monoisotopic (exact) mass is 262 g/mol. The third-order valence-electron chi connectivity index (χ3n) is 3.60. The Balaban J connectivity index is 1.90. The van der Waals surface area contributed by atoms with Gasteiger partial charge in [0.05, 0.1) is 6.61 Å². The van der Waals surface area contributed by atoms with Crippen molar-refractivity contribution in [2.45, 2.75) is 71.6 Å². The maximum Gasteiger partial charge on any atom is 0.122 e. The van der Waals surface area contributed by atoms with Gasteiger partial charge in [0.1, 0.15) is 5.75 Å². The fourth-order valence-corrected chi connectivity index (χ4v) is 2.31. The maximum absolute atomic E-state index is 5.80. The quantitative estimate of drug-likeness (QED) is 0.451. The zero-order valence-corrected chi connectivity index (χ0v) is 12.8. The Morgan fingerprint density at radius 3 is 2.00 bits per heavy atom. The molecule has 19 heavy (non-hydrogen) atoms. The van der Waals surface area contributed by atoms with E-state index < -0.39 is 0 Å². The molecule has 0 aliphatic carbocycles. The first kappa shape index (κ1) is 16.1. The minimum atomic E-state index is 0.862. The molecule has 1 rings (SSSR count). The first-order valence-corrected chi connectivity index (χ1v) is 8.03. The number of hydrogen-bond acceptors (Lipinski definition) is 1. The molecule has 0 aliphatic rings. The van der Waals surface area contributed by atoms with Crippen LogP contribution in [0.5, 0.6) is 5.75 Å². The topological polar surface area (TPSA) is 9.23 Å². The minimum Gasteiger partial charge on any atom is -0.493 e. The van der Waals surface area contributed by atoms with Crippen molar-refractivity contribution >= 4 is 0 Å². The second-order valence-corrected chi connectivity index (χ2v) is 5.44. The number of para-hydroxylation sites is 1. The predicted molar refractivity (Wildman–Crippen MR) is 83.9 cm³/mol. The molecule has 0 saturated carbocycles. The summed E-state index contributed by atoms with van der Waals surface area (Å²) >= 11 is 0. The van der Waals surface area contributed by atoms with Gasteiger partial charge in [-0.3, -0.25) is 0 Å². The van der Waals surface area contributed by atoms with Crippen LogP contribution in [0.15, 0.2) is 24.3 Å². The lowest BCUT2D eigenvalue weighted by atomic mass is 10.1. The van der Waals surface area contributed by atoms with Crippen LogP contribution >= 0.6 is 0 Å². The summed E-state index contributed by atoms with van der Waals surface area (Å²) in [4.78, 5) is 0. The van der Waals surface area contributed by atoms with E-state index in [-0.39, 0.29) is 0 Å². The molecule has 1 aromatic rings. The van der Waals surface area contributed by atoms with Crippen LogP contribution in [0.3, 0.4) is 0 Å². The zero-order chi connectivity index (χ0) is 13.8. The van der Waals surface area contributed by atoms with Crippen molar-refractivity contribution in [2.24, 2.45) is 0 Å². The first-order valence-electron chi connectivity index (χ1n) is 8.03. The van der Waals surface area contributed by atoms with Gasteiger partial charge in [0, 0.05) is 0 Å². The third kappa shape index (κ3) is 7.92. The minimum absolute atomic E-state index is 0.862. The average molecular weight is 262 g/mol. The predicted octanol–water partition coefficient (Wildman–Crippen LogP) is 5.90. The first-order chi connectivity index (χ1) is 9.34. The Bertz CT molecular complexity index is 319. The van der Waals surface area contributed by atoms with Crippen molar-refractivity contribution in [2.75, 3.05) is 6.61 Å². The summed E-state index contributed by atoms with van der Waals surface area (Å²) in [5.74, 6) is 1.04. The van der Waals surface area contributed by atoms with Gasteiger partial charge in [-0.05, 0) is 25.0 Å². The molecule has 0 saturated heterocycles. The molecule has 0 aromatic heterocycles. The van der Waals surface area contributed by atoms with E-state index in [0.717, 1.165) is 12.4 Å². The van der Waals surface area contributed by atoms with E-state index in [1.54, 1.807) is 0 Å². The standard InChI is InChI=1S/C18H30O/c1-3-4-5-6-7-8-9-10-13-16-19-18-15-12-11-14-17(18)2/h11-12,14-15H,3-10,13,16H2,1-2H3. The highest BCUT2D eigenvalue weighted by atomic mass is 16.5. The van der Waals surface area contributed by atoms with E-state index in [9.17, 15) is 0 Å². The van der Waals surface area contributed by atoms with Gasteiger partial charge < -0.3 is 4.74 Å². The number of aryl methyl sites for hydroxylation is 1. The van der Waals surface area contributed by atoms with Crippen molar-refractivity contribution in [3.05, 3.63) is 29.8 Å². The summed E-state index contributed by atoms with van der Waals surface area (Å²) in [7, 11) is 0. The van der Waals surface area contributed by atoms with Crippen molar-refractivity contribution < 1.29 is 4.74 Å². The SMILES string of the molecule is CCCCCCCCCCCOc1ccccc1C. The lowest BCUT2D eigenvalue weighted by Gasteiger charge is -2.08. The number of hydrogen-bond donors (Lipinski definition) is 0. The van der Waals surface area contributed by atoms with Crippen molar-refractivity contribution in [1.29, 1.82) is 0 Å². The Kier molecular flexibility index (Phi) is 9.22. The second kappa shape index (κ2) is 10.9. The molecule has 1 heteroatoms. The highest BCUT2D eigenvalue weighted by molar-refractivity contribution is 5.31. The summed E-state index contributed by atoms with van der Waals surface area (Å²) in [6, 6.07) is 8.26. The molecule has 108 valence electrons. The number of ether oxygens (including phenoxy) is 1. The Hall–Kier alpha value is -0.980. The van der Waals surface area contributed by atoms with E-state index >= 15 is 0 Å². The van der Waals surface area contributed by atoms with Crippen LogP contribution in [0.25, 0.3) is 0 Å². The molecule has 1 aromatic carbocycles. The molecular weight excluding hydrogens is 232 g/mol.